The van der Waals surface area contributed by atoms with Crippen LogP contribution in [-0.4, -0.2) is 10.4 Å². The molecule has 0 amide bonds. The van der Waals surface area contributed by atoms with Gasteiger partial charge in [-0.1, -0.05) is 65.4 Å². The molecule has 3 aromatic rings. The summed E-state index contributed by atoms with van der Waals surface area (Å²) in [7, 11) is 0. The number of nitrogens with zero attached hydrogens (tertiary/aromatic N) is 2. The Bertz CT molecular complexity index is 1320. The van der Waals surface area contributed by atoms with Crippen molar-refractivity contribution >= 4 is 34.8 Å². The van der Waals surface area contributed by atoms with Crippen molar-refractivity contribution in [1.82, 2.24) is 4.57 Å². The van der Waals surface area contributed by atoms with E-state index in [-0.39, 0.29) is 11.3 Å². The number of fused-ring (bicyclic) bond motifs is 1. The van der Waals surface area contributed by atoms with Crippen molar-refractivity contribution in [3.05, 3.63) is 102 Å². The highest BCUT2D eigenvalue weighted by Gasteiger charge is 2.34. The summed E-state index contributed by atoms with van der Waals surface area (Å²) in [6.45, 7) is 0. The lowest BCUT2D eigenvalue weighted by atomic mass is 9.86. The fourth-order valence-corrected chi connectivity index (χ4v) is 5.12. The van der Waals surface area contributed by atoms with E-state index < -0.39 is 6.04 Å². The number of rotatable bonds is 2. The first kappa shape index (κ1) is 18.3. The molecule has 0 N–H and O–H groups in total. The third-order valence-electron chi connectivity index (χ3n) is 5.31. The molecule has 0 spiro atoms. The van der Waals surface area contributed by atoms with Crippen LogP contribution in [0.3, 0.4) is 0 Å². The van der Waals surface area contributed by atoms with Crippen LogP contribution in [0.2, 0.25) is 5.02 Å². The molecule has 1 aliphatic carbocycles. The topological polar surface area (TPSA) is 51.4 Å². The first-order chi connectivity index (χ1) is 14.1. The summed E-state index contributed by atoms with van der Waals surface area (Å²) in [6, 6.07) is 16.7. The van der Waals surface area contributed by atoms with E-state index in [0.29, 0.717) is 26.4 Å². The van der Waals surface area contributed by atoms with Gasteiger partial charge < -0.3 is 0 Å². The average Bonchev–Trinajstić information content (AvgIpc) is 3.03. The van der Waals surface area contributed by atoms with Gasteiger partial charge in [0.2, 0.25) is 0 Å². The van der Waals surface area contributed by atoms with Crippen molar-refractivity contribution < 1.29 is 4.79 Å². The lowest BCUT2D eigenvalue weighted by Crippen LogP contribution is -2.40. The summed E-state index contributed by atoms with van der Waals surface area (Å²) in [5, 5.41) is 0.620. The van der Waals surface area contributed by atoms with E-state index in [4.69, 9.17) is 16.6 Å². The van der Waals surface area contributed by atoms with Crippen LogP contribution in [0.4, 0.5) is 0 Å². The number of aromatic nitrogens is 1. The van der Waals surface area contributed by atoms with Crippen LogP contribution in [0.25, 0.3) is 6.08 Å². The Morgan fingerprint density at radius 1 is 1.03 bits per heavy atom. The molecule has 1 aromatic heterocycles. The van der Waals surface area contributed by atoms with E-state index in [9.17, 15) is 9.59 Å². The largest absolute Gasteiger partial charge is 0.294 e. The monoisotopic (exact) mass is 420 g/mol. The number of carbonyl (C=O) groups is 1. The van der Waals surface area contributed by atoms with Crippen LogP contribution in [0, 0.1) is 0 Å². The van der Waals surface area contributed by atoms with Crippen LogP contribution >= 0.6 is 22.9 Å². The van der Waals surface area contributed by atoms with Gasteiger partial charge in [0.25, 0.3) is 5.56 Å². The molecule has 1 unspecified atom stereocenters. The highest BCUT2D eigenvalue weighted by molar-refractivity contribution is 7.07. The molecule has 0 saturated carbocycles. The molecular formula is C23H17ClN2O2S. The Morgan fingerprint density at radius 2 is 1.79 bits per heavy atom. The molecule has 0 fully saturated rings. The van der Waals surface area contributed by atoms with Crippen molar-refractivity contribution in [2.45, 2.75) is 25.3 Å². The fraction of sp³-hybridized carbons (Fsp3) is 0.174. The zero-order chi connectivity index (χ0) is 20.0. The van der Waals surface area contributed by atoms with E-state index in [1.165, 1.54) is 11.3 Å². The number of halogens is 1. The third kappa shape index (κ3) is 3.20. The minimum Gasteiger partial charge on any atom is -0.294 e. The summed E-state index contributed by atoms with van der Waals surface area (Å²) in [5.41, 5.74) is 3.17. The zero-order valence-corrected chi connectivity index (χ0v) is 17.0. The van der Waals surface area contributed by atoms with E-state index in [1.54, 1.807) is 16.7 Å². The summed E-state index contributed by atoms with van der Waals surface area (Å²) < 4.78 is 2.28. The first-order valence-electron chi connectivity index (χ1n) is 9.50. The number of benzene rings is 2. The van der Waals surface area contributed by atoms with Gasteiger partial charge in [-0.15, -0.1) is 0 Å². The molecule has 1 aliphatic heterocycles. The van der Waals surface area contributed by atoms with Gasteiger partial charge in [-0.05, 0) is 42.2 Å². The number of hydrogen-bond donors (Lipinski definition) is 0. The highest BCUT2D eigenvalue weighted by Crippen LogP contribution is 2.36. The van der Waals surface area contributed by atoms with Gasteiger partial charge in [-0.2, -0.15) is 0 Å². The summed E-state index contributed by atoms with van der Waals surface area (Å²) in [4.78, 5) is 31.6. The molecule has 5 rings (SSSR count). The maximum atomic E-state index is 13.4. The number of hydrogen-bond acceptors (Lipinski definition) is 4. The maximum absolute atomic E-state index is 13.4. The minimum absolute atomic E-state index is 0.0762. The van der Waals surface area contributed by atoms with Gasteiger partial charge in [0.1, 0.15) is 0 Å². The number of thiazole rings is 1. The summed E-state index contributed by atoms with van der Waals surface area (Å²) >= 11 is 7.45. The number of allylic oxidation sites excluding steroid dienone is 2. The quantitative estimate of drug-likeness (QED) is 0.635. The maximum Gasteiger partial charge on any atom is 0.271 e. The number of ketones is 1. The Hall–Kier alpha value is -2.76. The van der Waals surface area contributed by atoms with E-state index in [0.717, 1.165) is 29.7 Å². The molecule has 2 aromatic carbocycles. The highest BCUT2D eigenvalue weighted by atomic mass is 35.5. The summed E-state index contributed by atoms with van der Waals surface area (Å²) in [5.74, 6) is 0.0762. The molecular weight excluding hydrogens is 404 g/mol. The second-order valence-electron chi connectivity index (χ2n) is 7.18. The van der Waals surface area contributed by atoms with Gasteiger partial charge in [-0.3, -0.25) is 14.2 Å². The molecule has 0 radical (unpaired) electrons. The first-order valence-corrected chi connectivity index (χ1v) is 10.7. The Labute approximate surface area is 176 Å². The lowest BCUT2D eigenvalue weighted by Gasteiger charge is -2.28. The molecule has 2 heterocycles. The van der Waals surface area contributed by atoms with Crippen molar-refractivity contribution in [2.24, 2.45) is 4.99 Å². The van der Waals surface area contributed by atoms with E-state index in [2.05, 4.69) is 0 Å². The van der Waals surface area contributed by atoms with Crippen molar-refractivity contribution in [1.29, 1.82) is 0 Å². The summed E-state index contributed by atoms with van der Waals surface area (Å²) in [6.07, 6.45) is 3.94. The van der Waals surface area contributed by atoms with Gasteiger partial charge >= 0.3 is 0 Å². The molecule has 0 bridgehead atoms. The lowest BCUT2D eigenvalue weighted by molar-refractivity contribution is -0.116. The predicted octanol–water partition coefficient (Wildman–Crippen LogP) is 3.62. The van der Waals surface area contributed by atoms with Crippen LogP contribution in [0.5, 0.6) is 0 Å². The molecule has 29 heavy (non-hydrogen) atoms. The molecule has 144 valence electrons. The minimum atomic E-state index is -0.454. The second kappa shape index (κ2) is 7.25. The molecule has 0 saturated heterocycles. The van der Waals surface area contributed by atoms with Crippen LogP contribution in [0.1, 0.15) is 36.4 Å². The number of Topliss-reactive ketones (excluding diaryl/α,β-unsaturated/α-hetero) is 1. The number of carbonyl (C=O) groups excluding carboxylic acids is 1. The fourth-order valence-electron chi connectivity index (χ4n) is 3.97. The molecule has 2 aliphatic rings. The van der Waals surface area contributed by atoms with Gasteiger partial charge in [0, 0.05) is 17.0 Å². The van der Waals surface area contributed by atoms with Crippen LogP contribution in [-0.2, 0) is 4.79 Å². The normalized spacial score (nSPS) is 19.0. The van der Waals surface area contributed by atoms with E-state index in [1.807, 2.05) is 48.5 Å². The third-order valence-corrected chi connectivity index (χ3v) is 6.55. The Kier molecular flexibility index (Phi) is 4.57. The Morgan fingerprint density at radius 3 is 2.55 bits per heavy atom. The molecule has 4 nitrogen and oxygen atoms in total. The van der Waals surface area contributed by atoms with Crippen molar-refractivity contribution in [3.8, 4) is 0 Å². The Balaban J connectivity index is 1.77. The van der Waals surface area contributed by atoms with Gasteiger partial charge in [0.05, 0.1) is 16.3 Å². The molecule has 6 heteroatoms. The van der Waals surface area contributed by atoms with Gasteiger partial charge in [0.15, 0.2) is 10.6 Å². The second-order valence-corrected chi connectivity index (χ2v) is 8.63. The standard InChI is InChI=1S/C23H17ClN2O2S/c24-16-11-9-15(10-12-16)21-20-17(7-4-8-18(20)27)25-23-26(21)22(28)19(29-23)13-14-5-2-1-3-6-14/h1-3,5-6,9-13,21H,4,7-8H2. The smallest absolute Gasteiger partial charge is 0.271 e. The van der Waals surface area contributed by atoms with E-state index >= 15 is 0 Å². The average molecular weight is 421 g/mol. The molecule has 1 atom stereocenters. The SMILES string of the molecule is O=C1CCCC2=C1C(c1ccc(Cl)cc1)n1c(sc(=Cc3ccccc3)c1=O)=N2. The van der Waals surface area contributed by atoms with Crippen molar-refractivity contribution in [2.75, 3.05) is 0 Å². The predicted molar refractivity (Wildman–Crippen MR) is 115 cm³/mol. The zero-order valence-electron chi connectivity index (χ0n) is 15.5. The van der Waals surface area contributed by atoms with Crippen LogP contribution < -0.4 is 14.9 Å². The van der Waals surface area contributed by atoms with Crippen molar-refractivity contribution in [3.63, 3.8) is 0 Å². The van der Waals surface area contributed by atoms with Crippen LogP contribution in [0.15, 0.2) is 75.7 Å². The van der Waals surface area contributed by atoms with Gasteiger partial charge in [-0.25, -0.2) is 4.99 Å².